The van der Waals surface area contributed by atoms with Gasteiger partial charge in [0.15, 0.2) is 11.6 Å². The zero-order chi connectivity index (χ0) is 29.4. The highest BCUT2D eigenvalue weighted by Crippen LogP contribution is 2.45. The largest absolute Gasteiger partial charge is 0.496 e. The third-order valence-electron chi connectivity index (χ3n) is 7.80. The number of aryl methyl sites for hydroxylation is 2. The van der Waals surface area contributed by atoms with Crippen LogP contribution in [0.3, 0.4) is 0 Å². The van der Waals surface area contributed by atoms with Gasteiger partial charge in [0, 0.05) is 33.4 Å². The standard InChI is InChI=1S/C38H30O4/c1-23-5-9-25(10-6-23)37(39)29-13-17-31-27(21-29)15-19-33(41-3)35(31)36-32-18-14-30(22-28(32)16-20-34(36)42-4)38(40)26-11-7-24(2)8-12-26/h5-22H,1-4H3. The molecule has 4 heteroatoms. The van der Waals surface area contributed by atoms with Crippen molar-refractivity contribution in [2.45, 2.75) is 13.8 Å². The molecule has 0 atom stereocenters. The van der Waals surface area contributed by atoms with Crippen molar-refractivity contribution in [1.82, 2.24) is 0 Å². The van der Waals surface area contributed by atoms with Gasteiger partial charge in [0.2, 0.25) is 0 Å². The maximum Gasteiger partial charge on any atom is 0.193 e. The lowest BCUT2D eigenvalue weighted by Gasteiger charge is -2.18. The van der Waals surface area contributed by atoms with E-state index < -0.39 is 0 Å². The van der Waals surface area contributed by atoms with Crippen LogP contribution in [0.25, 0.3) is 32.7 Å². The minimum Gasteiger partial charge on any atom is -0.496 e. The zero-order valence-corrected chi connectivity index (χ0v) is 24.0. The highest BCUT2D eigenvalue weighted by atomic mass is 16.5. The SMILES string of the molecule is COc1ccc2cc(C(=O)c3ccc(C)cc3)ccc2c1-c1c(OC)ccc2cc(C(=O)c3ccc(C)cc3)ccc12. The second kappa shape index (κ2) is 11.0. The molecule has 0 saturated heterocycles. The van der Waals surface area contributed by atoms with Crippen molar-refractivity contribution in [3.8, 4) is 22.6 Å². The Balaban J connectivity index is 1.51. The minimum absolute atomic E-state index is 0.0252. The molecule has 0 spiro atoms. The molecule has 6 aromatic carbocycles. The van der Waals surface area contributed by atoms with Gasteiger partial charge < -0.3 is 9.47 Å². The van der Waals surface area contributed by atoms with Crippen LogP contribution >= 0.6 is 0 Å². The van der Waals surface area contributed by atoms with Crippen molar-refractivity contribution in [2.24, 2.45) is 0 Å². The molecule has 0 unspecified atom stereocenters. The second-order valence-corrected chi connectivity index (χ2v) is 10.5. The van der Waals surface area contributed by atoms with E-state index in [-0.39, 0.29) is 11.6 Å². The molecule has 6 aromatic rings. The molecule has 0 aliphatic carbocycles. The molecule has 206 valence electrons. The third kappa shape index (κ3) is 4.82. The summed E-state index contributed by atoms with van der Waals surface area (Å²) in [6.07, 6.45) is 0. The van der Waals surface area contributed by atoms with Crippen molar-refractivity contribution < 1.29 is 19.1 Å². The summed E-state index contributed by atoms with van der Waals surface area (Å²) in [6.45, 7) is 4.01. The normalized spacial score (nSPS) is 11.0. The number of hydrogen-bond donors (Lipinski definition) is 0. The lowest BCUT2D eigenvalue weighted by Crippen LogP contribution is -2.02. The summed E-state index contributed by atoms with van der Waals surface area (Å²) in [6, 6.07) is 34.6. The average molecular weight is 551 g/mol. The summed E-state index contributed by atoms with van der Waals surface area (Å²) in [7, 11) is 3.30. The lowest BCUT2D eigenvalue weighted by atomic mass is 9.89. The van der Waals surface area contributed by atoms with E-state index in [1.807, 2.05) is 123 Å². The highest BCUT2D eigenvalue weighted by molar-refractivity contribution is 6.15. The van der Waals surface area contributed by atoms with Crippen LogP contribution in [-0.2, 0) is 0 Å². The molecule has 42 heavy (non-hydrogen) atoms. The average Bonchev–Trinajstić information content (AvgIpc) is 3.03. The van der Waals surface area contributed by atoms with Crippen molar-refractivity contribution in [2.75, 3.05) is 14.2 Å². The van der Waals surface area contributed by atoms with Crippen molar-refractivity contribution in [3.63, 3.8) is 0 Å². The van der Waals surface area contributed by atoms with Gasteiger partial charge in [0.05, 0.1) is 14.2 Å². The number of hydrogen-bond acceptors (Lipinski definition) is 4. The van der Waals surface area contributed by atoms with Gasteiger partial charge in [0.25, 0.3) is 0 Å². The van der Waals surface area contributed by atoms with Crippen LogP contribution in [0.1, 0.15) is 43.0 Å². The van der Waals surface area contributed by atoms with Crippen LogP contribution in [-0.4, -0.2) is 25.8 Å². The van der Waals surface area contributed by atoms with Gasteiger partial charge in [-0.1, -0.05) is 96.1 Å². The van der Waals surface area contributed by atoms with Gasteiger partial charge in [-0.05, 0) is 59.7 Å². The fourth-order valence-electron chi connectivity index (χ4n) is 5.50. The van der Waals surface area contributed by atoms with E-state index in [1.54, 1.807) is 14.2 Å². The van der Waals surface area contributed by atoms with E-state index in [0.717, 1.165) is 43.8 Å². The maximum atomic E-state index is 13.3. The summed E-state index contributed by atoms with van der Waals surface area (Å²) in [4.78, 5) is 26.6. The molecule has 0 bridgehead atoms. The Hall–Kier alpha value is -5.22. The number of carbonyl (C=O) groups is 2. The molecule has 0 heterocycles. The molecule has 6 rings (SSSR count). The Morgan fingerprint density at radius 2 is 0.810 bits per heavy atom. The number of ketones is 2. The fourth-order valence-corrected chi connectivity index (χ4v) is 5.50. The maximum absolute atomic E-state index is 13.3. The lowest BCUT2D eigenvalue weighted by molar-refractivity contribution is 0.103. The molecular weight excluding hydrogens is 520 g/mol. The molecule has 0 aliphatic rings. The first-order valence-electron chi connectivity index (χ1n) is 13.8. The first kappa shape index (κ1) is 27.0. The van der Waals surface area contributed by atoms with Crippen LogP contribution in [0.15, 0.2) is 109 Å². The first-order chi connectivity index (χ1) is 20.4. The number of benzene rings is 6. The quantitative estimate of drug-likeness (QED) is 0.187. The molecule has 0 fully saturated rings. The van der Waals surface area contributed by atoms with Crippen LogP contribution < -0.4 is 9.47 Å². The first-order valence-corrected chi connectivity index (χ1v) is 13.8. The summed E-state index contributed by atoms with van der Waals surface area (Å²) in [5.74, 6) is 1.32. The van der Waals surface area contributed by atoms with Gasteiger partial charge in [-0.2, -0.15) is 0 Å². The van der Waals surface area contributed by atoms with Crippen LogP contribution in [0.2, 0.25) is 0 Å². The molecule has 4 nitrogen and oxygen atoms in total. The number of carbonyl (C=O) groups excluding carboxylic acids is 2. The molecule has 0 radical (unpaired) electrons. The van der Waals surface area contributed by atoms with Gasteiger partial charge in [0.1, 0.15) is 11.5 Å². The second-order valence-electron chi connectivity index (χ2n) is 10.5. The van der Waals surface area contributed by atoms with Gasteiger partial charge in [-0.25, -0.2) is 0 Å². The van der Waals surface area contributed by atoms with E-state index in [4.69, 9.17) is 9.47 Å². The summed E-state index contributed by atoms with van der Waals surface area (Å²) in [5, 5.41) is 3.68. The number of methoxy groups -OCH3 is 2. The monoisotopic (exact) mass is 550 g/mol. The number of ether oxygens (including phenoxy) is 2. The molecule has 0 amide bonds. The summed E-state index contributed by atoms with van der Waals surface area (Å²) in [5.41, 5.74) is 6.49. The van der Waals surface area contributed by atoms with Crippen LogP contribution in [0, 0.1) is 13.8 Å². The number of rotatable bonds is 7. The highest BCUT2D eigenvalue weighted by Gasteiger charge is 2.20. The Bertz CT molecular complexity index is 1840. The van der Waals surface area contributed by atoms with Crippen LogP contribution in [0.5, 0.6) is 11.5 Å². The predicted octanol–water partition coefficient (Wildman–Crippen LogP) is 8.76. The molecular formula is C38H30O4. The molecule has 0 N–H and O–H groups in total. The topological polar surface area (TPSA) is 52.6 Å². The Morgan fingerprint density at radius 3 is 1.17 bits per heavy atom. The molecule has 0 saturated carbocycles. The number of fused-ring (bicyclic) bond motifs is 2. The molecule has 0 aromatic heterocycles. The van der Waals surface area contributed by atoms with E-state index in [9.17, 15) is 9.59 Å². The Labute approximate surface area is 245 Å². The Kier molecular flexibility index (Phi) is 7.05. The predicted molar refractivity (Wildman–Crippen MR) is 169 cm³/mol. The molecule has 0 aliphatic heterocycles. The van der Waals surface area contributed by atoms with E-state index in [0.29, 0.717) is 33.8 Å². The van der Waals surface area contributed by atoms with Gasteiger partial charge in [-0.3, -0.25) is 9.59 Å². The summed E-state index contributed by atoms with van der Waals surface area (Å²) >= 11 is 0. The van der Waals surface area contributed by atoms with E-state index in [1.165, 1.54) is 0 Å². The smallest absolute Gasteiger partial charge is 0.193 e. The van der Waals surface area contributed by atoms with Crippen molar-refractivity contribution >= 4 is 33.1 Å². The van der Waals surface area contributed by atoms with Crippen molar-refractivity contribution in [1.29, 1.82) is 0 Å². The third-order valence-corrected chi connectivity index (χ3v) is 7.80. The fraction of sp³-hybridized carbons (Fsp3) is 0.105. The van der Waals surface area contributed by atoms with Crippen LogP contribution in [0.4, 0.5) is 0 Å². The summed E-state index contributed by atoms with van der Waals surface area (Å²) < 4.78 is 11.7. The van der Waals surface area contributed by atoms with Gasteiger partial charge in [-0.15, -0.1) is 0 Å². The minimum atomic E-state index is -0.0252. The van der Waals surface area contributed by atoms with E-state index >= 15 is 0 Å². The van der Waals surface area contributed by atoms with Crippen molar-refractivity contribution in [3.05, 3.63) is 143 Å². The van der Waals surface area contributed by atoms with E-state index in [2.05, 4.69) is 0 Å². The zero-order valence-electron chi connectivity index (χ0n) is 24.0. The Morgan fingerprint density at radius 1 is 0.452 bits per heavy atom. The van der Waals surface area contributed by atoms with Gasteiger partial charge >= 0.3 is 0 Å².